The van der Waals surface area contributed by atoms with Crippen molar-refractivity contribution in [1.82, 2.24) is 9.88 Å². The van der Waals surface area contributed by atoms with Gasteiger partial charge in [-0.15, -0.1) is 0 Å². The van der Waals surface area contributed by atoms with Gasteiger partial charge in [-0.3, -0.25) is 9.78 Å². The zero-order valence-corrected chi connectivity index (χ0v) is 18.0. The van der Waals surface area contributed by atoms with Crippen LogP contribution in [0.3, 0.4) is 0 Å². The fraction of sp³-hybridized carbons (Fsp3) is 0.478. The molecule has 1 aromatic carbocycles. The number of carbonyl (C=O) groups excluding carboxylic acids is 1. The number of pyridine rings is 1. The number of para-hydroxylation sites is 1. The van der Waals surface area contributed by atoms with Crippen molar-refractivity contribution in [1.29, 1.82) is 0 Å². The quantitative estimate of drug-likeness (QED) is 0.603. The summed E-state index contributed by atoms with van der Waals surface area (Å²) in [5.74, 6) is 0.477. The standard InChI is InChI=1S/C23H34N4O/c1-16(2)19-9-7-10-20(17(3)4)22(19)26-23(28)21-15-18(11-13-25-21)24-12-8-14-27(5)6/h7,9-11,13,15-17H,8,12,14H2,1-6H3,(H,24,25)(H,26,28). The molecule has 0 saturated carbocycles. The van der Waals surface area contributed by atoms with Gasteiger partial charge in [-0.05, 0) is 62.2 Å². The highest BCUT2D eigenvalue weighted by Gasteiger charge is 2.17. The number of rotatable bonds is 9. The summed E-state index contributed by atoms with van der Waals surface area (Å²) >= 11 is 0. The van der Waals surface area contributed by atoms with Gasteiger partial charge >= 0.3 is 0 Å². The zero-order chi connectivity index (χ0) is 20.7. The Balaban J connectivity index is 2.16. The molecule has 5 heteroatoms. The molecule has 0 aliphatic heterocycles. The summed E-state index contributed by atoms with van der Waals surface area (Å²) in [6.45, 7) is 10.5. The van der Waals surface area contributed by atoms with Crippen molar-refractivity contribution in [3.05, 3.63) is 53.3 Å². The second-order valence-corrected chi connectivity index (χ2v) is 8.09. The zero-order valence-electron chi connectivity index (χ0n) is 18.0. The molecule has 152 valence electrons. The topological polar surface area (TPSA) is 57.3 Å². The Labute approximate surface area is 169 Å². The number of nitrogens with one attached hydrogen (secondary N) is 2. The van der Waals surface area contributed by atoms with Gasteiger partial charge in [0.1, 0.15) is 5.69 Å². The Morgan fingerprint density at radius 3 is 2.29 bits per heavy atom. The van der Waals surface area contributed by atoms with Crippen LogP contribution in [0.15, 0.2) is 36.5 Å². The van der Waals surface area contributed by atoms with Gasteiger partial charge in [0, 0.05) is 24.1 Å². The molecule has 0 aliphatic rings. The molecule has 0 saturated heterocycles. The number of carbonyl (C=O) groups is 1. The summed E-state index contributed by atoms with van der Waals surface area (Å²) in [4.78, 5) is 19.4. The highest BCUT2D eigenvalue weighted by molar-refractivity contribution is 6.04. The molecule has 0 unspecified atom stereocenters. The maximum atomic E-state index is 12.9. The van der Waals surface area contributed by atoms with E-state index in [2.05, 4.69) is 80.5 Å². The van der Waals surface area contributed by atoms with Crippen molar-refractivity contribution in [2.75, 3.05) is 37.8 Å². The summed E-state index contributed by atoms with van der Waals surface area (Å²) in [6.07, 6.45) is 2.72. The van der Waals surface area contributed by atoms with Crippen LogP contribution in [0.1, 0.15) is 67.6 Å². The molecule has 0 spiro atoms. The third-order valence-corrected chi connectivity index (χ3v) is 4.72. The van der Waals surface area contributed by atoms with E-state index in [0.717, 1.165) is 42.0 Å². The van der Waals surface area contributed by atoms with Crippen molar-refractivity contribution in [3.8, 4) is 0 Å². The van der Waals surface area contributed by atoms with E-state index in [9.17, 15) is 4.79 Å². The number of nitrogens with zero attached hydrogens (tertiary/aromatic N) is 2. The van der Waals surface area contributed by atoms with Crippen molar-refractivity contribution in [2.24, 2.45) is 0 Å². The first-order valence-electron chi connectivity index (χ1n) is 10.1. The van der Waals surface area contributed by atoms with Gasteiger partial charge in [-0.25, -0.2) is 0 Å². The molecule has 1 heterocycles. The summed E-state index contributed by atoms with van der Waals surface area (Å²) in [5, 5.41) is 6.50. The molecule has 0 bridgehead atoms. The van der Waals surface area contributed by atoms with Crippen LogP contribution in [-0.2, 0) is 0 Å². The Morgan fingerprint density at radius 1 is 1.07 bits per heavy atom. The van der Waals surface area contributed by atoms with E-state index < -0.39 is 0 Å². The Bertz CT molecular complexity index is 758. The molecule has 2 rings (SSSR count). The van der Waals surface area contributed by atoms with Crippen molar-refractivity contribution in [2.45, 2.75) is 46.0 Å². The summed E-state index contributed by atoms with van der Waals surface area (Å²) in [5.41, 5.74) is 4.56. The lowest BCUT2D eigenvalue weighted by Crippen LogP contribution is -2.18. The molecule has 0 atom stereocenters. The predicted octanol–water partition coefficient (Wildman–Crippen LogP) is 4.94. The number of amides is 1. The molecular weight excluding hydrogens is 348 g/mol. The average Bonchev–Trinajstić information content (AvgIpc) is 2.65. The largest absolute Gasteiger partial charge is 0.385 e. The van der Waals surface area contributed by atoms with Crippen molar-refractivity contribution >= 4 is 17.3 Å². The van der Waals surface area contributed by atoms with Crippen molar-refractivity contribution < 1.29 is 4.79 Å². The van der Waals surface area contributed by atoms with Crippen LogP contribution in [0.5, 0.6) is 0 Å². The first kappa shape index (κ1) is 21.9. The number of hydrogen-bond acceptors (Lipinski definition) is 4. The minimum absolute atomic E-state index is 0.174. The first-order valence-corrected chi connectivity index (χ1v) is 10.1. The van der Waals surface area contributed by atoms with Crippen LogP contribution >= 0.6 is 0 Å². The van der Waals surface area contributed by atoms with Crippen LogP contribution in [0.4, 0.5) is 11.4 Å². The second-order valence-electron chi connectivity index (χ2n) is 8.09. The van der Waals surface area contributed by atoms with Gasteiger partial charge in [0.15, 0.2) is 0 Å². The second kappa shape index (κ2) is 10.2. The van der Waals surface area contributed by atoms with Gasteiger partial charge in [-0.2, -0.15) is 0 Å². The lowest BCUT2D eigenvalue weighted by Gasteiger charge is -2.20. The lowest BCUT2D eigenvalue weighted by molar-refractivity contribution is 0.102. The summed E-state index contributed by atoms with van der Waals surface area (Å²) in [7, 11) is 4.13. The molecule has 0 aliphatic carbocycles. The van der Waals surface area contributed by atoms with Gasteiger partial charge in [-0.1, -0.05) is 45.9 Å². The molecular formula is C23H34N4O. The van der Waals surface area contributed by atoms with Crippen LogP contribution in [0.25, 0.3) is 0 Å². The van der Waals surface area contributed by atoms with Gasteiger partial charge in [0.05, 0.1) is 0 Å². The smallest absolute Gasteiger partial charge is 0.274 e. The first-order chi connectivity index (χ1) is 13.3. The molecule has 2 aromatic rings. The Kier molecular flexibility index (Phi) is 8.00. The number of benzene rings is 1. The molecule has 0 fully saturated rings. The average molecular weight is 383 g/mol. The van der Waals surface area contributed by atoms with E-state index in [-0.39, 0.29) is 5.91 Å². The fourth-order valence-electron chi connectivity index (χ4n) is 3.17. The SMILES string of the molecule is CC(C)c1cccc(C(C)C)c1NC(=O)c1cc(NCCCN(C)C)ccn1. The predicted molar refractivity (Wildman–Crippen MR) is 118 cm³/mol. The van der Waals surface area contributed by atoms with Gasteiger partial charge < -0.3 is 15.5 Å². The summed E-state index contributed by atoms with van der Waals surface area (Å²) in [6, 6.07) is 9.95. The van der Waals surface area contributed by atoms with Crippen LogP contribution in [-0.4, -0.2) is 43.0 Å². The number of hydrogen-bond donors (Lipinski definition) is 2. The monoisotopic (exact) mass is 382 g/mol. The fourth-order valence-corrected chi connectivity index (χ4v) is 3.17. The normalized spacial score (nSPS) is 11.3. The minimum atomic E-state index is -0.174. The van der Waals surface area contributed by atoms with Crippen LogP contribution in [0.2, 0.25) is 0 Å². The number of aromatic nitrogens is 1. The van der Waals surface area contributed by atoms with Gasteiger partial charge in [0.2, 0.25) is 0 Å². The van der Waals surface area contributed by atoms with Crippen LogP contribution < -0.4 is 10.6 Å². The van der Waals surface area contributed by atoms with E-state index in [0.29, 0.717) is 17.5 Å². The minimum Gasteiger partial charge on any atom is -0.385 e. The molecule has 28 heavy (non-hydrogen) atoms. The van der Waals surface area contributed by atoms with E-state index in [4.69, 9.17) is 0 Å². The molecule has 0 radical (unpaired) electrons. The molecule has 5 nitrogen and oxygen atoms in total. The lowest BCUT2D eigenvalue weighted by atomic mass is 9.92. The molecule has 1 amide bonds. The Hall–Kier alpha value is -2.40. The third kappa shape index (κ3) is 6.06. The van der Waals surface area contributed by atoms with Crippen molar-refractivity contribution in [3.63, 3.8) is 0 Å². The number of anilines is 2. The van der Waals surface area contributed by atoms with E-state index >= 15 is 0 Å². The summed E-state index contributed by atoms with van der Waals surface area (Å²) < 4.78 is 0. The van der Waals surface area contributed by atoms with Crippen LogP contribution in [0, 0.1) is 0 Å². The highest BCUT2D eigenvalue weighted by atomic mass is 16.1. The molecule has 1 aromatic heterocycles. The Morgan fingerprint density at radius 2 is 1.71 bits per heavy atom. The molecule has 2 N–H and O–H groups in total. The van der Waals surface area contributed by atoms with Gasteiger partial charge in [0.25, 0.3) is 5.91 Å². The maximum Gasteiger partial charge on any atom is 0.274 e. The maximum absolute atomic E-state index is 12.9. The third-order valence-electron chi connectivity index (χ3n) is 4.72. The highest BCUT2D eigenvalue weighted by Crippen LogP contribution is 2.32. The van der Waals surface area contributed by atoms with E-state index in [1.54, 1.807) is 6.20 Å². The van der Waals surface area contributed by atoms with E-state index in [1.165, 1.54) is 0 Å². The van der Waals surface area contributed by atoms with E-state index in [1.807, 2.05) is 12.1 Å².